The summed E-state index contributed by atoms with van der Waals surface area (Å²) in [7, 11) is 0. The Labute approximate surface area is 147 Å². The van der Waals surface area contributed by atoms with Gasteiger partial charge in [0.05, 0.1) is 21.4 Å². The molecule has 0 aliphatic carbocycles. The zero-order valence-electron chi connectivity index (χ0n) is 14.6. The van der Waals surface area contributed by atoms with Crippen LogP contribution in [0.2, 0.25) is 0 Å². The number of benzene rings is 2. The van der Waals surface area contributed by atoms with E-state index in [4.69, 9.17) is 4.98 Å². The molecule has 0 saturated heterocycles. The molecule has 0 radical (unpaired) electrons. The summed E-state index contributed by atoms with van der Waals surface area (Å²) in [5.74, 6) is 0. The maximum atomic E-state index is 4.90. The molecule has 4 rings (SSSR count). The highest BCUT2D eigenvalue weighted by Crippen LogP contribution is 2.43. The summed E-state index contributed by atoms with van der Waals surface area (Å²) in [6.07, 6.45) is 3.35. The van der Waals surface area contributed by atoms with Gasteiger partial charge in [0.1, 0.15) is 5.01 Å². The fourth-order valence-electron chi connectivity index (χ4n) is 3.49. The van der Waals surface area contributed by atoms with Crippen molar-refractivity contribution in [1.82, 2.24) is 4.98 Å². The molecule has 0 amide bonds. The lowest BCUT2D eigenvalue weighted by Gasteiger charge is -2.33. The maximum absolute atomic E-state index is 4.90. The minimum absolute atomic E-state index is 0.0454. The van der Waals surface area contributed by atoms with Crippen LogP contribution in [-0.2, 0) is 6.42 Å². The molecule has 1 aliphatic heterocycles. The van der Waals surface area contributed by atoms with Crippen molar-refractivity contribution in [3.63, 3.8) is 0 Å². The third-order valence-corrected chi connectivity index (χ3v) is 5.65. The summed E-state index contributed by atoms with van der Waals surface area (Å²) in [6.45, 7) is 8.86. The van der Waals surface area contributed by atoms with E-state index in [2.05, 4.69) is 75.5 Å². The molecule has 1 aromatic heterocycles. The van der Waals surface area contributed by atoms with E-state index in [1.807, 2.05) is 0 Å². The van der Waals surface area contributed by atoms with E-state index in [9.17, 15) is 0 Å². The second-order valence-corrected chi connectivity index (χ2v) is 8.11. The van der Waals surface area contributed by atoms with Crippen LogP contribution in [0.1, 0.15) is 38.8 Å². The number of allylic oxidation sites excluding steroid dienone is 1. The van der Waals surface area contributed by atoms with Crippen LogP contribution in [-0.4, -0.2) is 10.5 Å². The smallest absolute Gasteiger partial charge is 0.126 e. The molecule has 24 heavy (non-hydrogen) atoms. The van der Waals surface area contributed by atoms with E-state index >= 15 is 0 Å². The number of nitrogens with zero attached hydrogens (tertiary/aromatic N) is 1. The van der Waals surface area contributed by atoms with E-state index in [0.717, 1.165) is 16.9 Å². The quantitative estimate of drug-likeness (QED) is 0.609. The molecule has 1 N–H and O–H groups in total. The van der Waals surface area contributed by atoms with Gasteiger partial charge in [0.2, 0.25) is 0 Å². The first-order valence-electron chi connectivity index (χ1n) is 8.48. The second-order valence-electron chi connectivity index (χ2n) is 7.08. The van der Waals surface area contributed by atoms with Crippen molar-refractivity contribution in [2.75, 3.05) is 5.32 Å². The number of anilines is 1. The van der Waals surface area contributed by atoms with Crippen molar-refractivity contribution in [3.05, 3.63) is 53.6 Å². The average molecular weight is 334 g/mol. The molecule has 2 aromatic carbocycles. The Morgan fingerprint density at radius 3 is 2.62 bits per heavy atom. The molecular weight excluding hydrogens is 312 g/mol. The molecule has 2 nitrogen and oxygen atoms in total. The monoisotopic (exact) mass is 334 g/mol. The first-order valence-corrected chi connectivity index (χ1v) is 9.29. The molecule has 0 spiro atoms. The fourth-order valence-corrected chi connectivity index (χ4v) is 4.47. The Bertz CT molecular complexity index is 930. The molecular formula is C21H22N2S. The molecule has 1 aliphatic rings. The molecule has 3 heteroatoms. The summed E-state index contributed by atoms with van der Waals surface area (Å²) >= 11 is 1.77. The van der Waals surface area contributed by atoms with Gasteiger partial charge in [0, 0.05) is 11.1 Å². The number of hydrogen-bond acceptors (Lipinski definition) is 3. The zero-order valence-corrected chi connectivity index (χ0v) is 15.4. The van der Waals surface area contributed by atoms with Gasteiger partial charge in [0.25, 0.3) is 0 Å². The van der Waals surface area contributed by atoms with Gasteiger partial charge in [-0.2, -0.15) is 0 Å². The fraction of sp³-hybridized carbons (Fsp3) is 0.286. The number of rotatable bonds is 2. The van der Waals surface area contributed by atoms with Crippen LogP contribution in [0, 0.1) is 0 Å². The van der Waals surface area contributed by atoms with E-state index in [-0.39, 0.29) is 5.54 Å². The van der Waals surface area contributed by atoms with Gasteiger partial charge in [-0.15, -0.1) is 11.3 Å². The van der Waals surface area contributed by atoms with Gasteiger partial charge in [-0.3, -0.25) is 0 Å². The third-order valence-electron chi connectivity index (χ3n) is 4.58. The highest BCUT2D eigenvalue weighted by Gasteiger charge is 2.26. The summed E-state index contributed by atoms with van der Waals surface area (Å²) in [4.78, 5) is 4.90. The number of aromatic nitrogens is 1. The molecule has 3 aromatic rings. The topological polar surface area (TPSA) is 24.9 Å². The van der Waals surface area contributed by atoms with Crippen molar-refractivity contribution in [2.45, 2.75) is 39.7 Å². The third kappa shape index (κ3) is 2.53. The zero-order chi connectivity index (χ0) is 16.9. The lowest BCUT2D eigenvalue weighted by atomic mass is 9.88. The molecule has 0 atom stereocenters. The predicted molar refractivity (Wildman–Crippen MR) is 106 cm³/mol. The van der Waals surface area contributed by atoms with E-state index < -0.39 is 0 Å². The van der Waals surface area contributed by atoms with Gasteiger partial charge in [-0.1, -0.05) is 25.1 Å². The second kappa shape index (κ2) is 5.45. The van der Waals surface area contributed by atoms with Crippen molar-refractivity contribution >= 4 is 32.8 Å². The van der Waals surface area contributed by atoms with E-state index in [1.165, 1.54) is 32.7 Å². The van der Waals surface area contributed by atoms with Crippen LogP contribution in [0.3, 0.4) is 0 Å². The SMILES string of the molecule is CCc1cc2c(c(-c3nc4ccccc4s3)c1)NC(C)(C)C=C2C. The van der Waals surface area contributed by atoms with Gasteiger partial charge in [0.15, 0.2) is 0 Å². The predicted octanol–water partition coefficient (Wildman–Crippen LogP) is 6.13. The van der Waals surface area contributed by atoms with Crippen LogP contribution in [0.25, 0.3) is 26.4 Å². The Hall–Kier alpha value is -2.13. The summed E-state index contributed by atoms with van der Waals surface area (Å²) in [6, 6.07) is 13.0. The average Bonchev–Trinajstić information content (AvgIpc) is 2.97. The molecule has 0 unspecified atom stereocenters. The number of nitrogens with one attached hydrogen (secondary N) is 1. The van der Waals surface area contributed by atoms with Gasteiger partial charge in [-0.05, 0) is 62.6 Å². The lowest BCUT2D eigenvalue weighted by molar-refractivity contribution is 0.707. The van der Waals surface area contributed by atoms with Crippen LogP contribution in [0.4, 0.5) is 5.69 Å². The Morgan fingerprint density at radius 2 is 1.88 bits per heavy atom. The highest BCUT2D eigenvalue weighted by atomic mass is 32.1. The van der Waals surface area contributed by atoms with Crippen molar-refractivity contribution in [3.8, 4) is 10.6 Å². The van der Waals surface area contributed by atoms with E-state index in [0.29, 0.717) is 0 Å². The molecule has 0 bridgehead atoms. The molecule has 122 valence electrons. The molecule has 2 heterocycles. The van der Waals surface area contributed by atoms with Crippen molar-refractivity contribution < 1.29 is 0 Å². The number of para-hydroxylation sites is 1. The van der Waals surface area contributed by atoms with Crippen molar-refractivity contribution in [1.29, 1.82) is 0 Å². The number of hydrogen-bond donors (Lipinski definition) is 1. The summed E-state index contributed by atoms with van der Waals surface area (Å²) in [5.41, 5.74) is 7.49. The van der Waals surface area contributed by atoms with Gasteiger partial charge < -0.3 is 5.32 Å². The maximum Gasteiger partial charge on any atom is 0.126 e. The first kappa shape index (κ1) is 15.4. The lowest BCUT2D eigenvalue weighted by Crippen LogP contribution is -2.32. The number of aryl methyl sites for hydroxylation is 1. The number of fused-ring (bicyclic) bond motifs is 2. The number of thiazole rings is 1. The minimum Gasteiger partial charge on any atom is -0.376 e. The van der Waals surface area contributed by atoms with Crippen molar-refractivity contribution in [2.24, 2.45) is 0 Å². The largest absolute Gasteiger partial charge is 0.376 e. The normalized spacial score (nSPS) is 15.8. The van der Waals surface area contributed by atoms with Crippen LogP contribution >= 0.6 is 11.3 Å². The highest BCUT2D eigenvalue weighted by molar-refractivity contribution is 7.21. The molecule has 0 saturated carbocycles. The first-order chi connectivity index (χ1) is 11.5. The van der Waals surface area contributed by atoms with Gasteiger partial charge in [-0.25, -0.2) is 4.98 Å². The minimum atomic E-state index is -0.0454. The van der Waals surface area contributed by atoms with Crippen LogP contribution < -0.4 is 5.32 Å². The van der Waals surface area contributed by atoms with Gasteiger partial charge >= 0.3 is 0 Å². The summed E-state index contributed by atoms with van der Waals surface area (Å²) in [5, 5.41) is 4.82. The van der Waals surface area contributed by atoms with Crippen LogP contribution in [0.5, 0.6) is 0 Å². The standard InChI is InChI=1S/C21H22N2S/c1-5-14-10-15-13(2)12-21(3,4)23-19(15)16(11-14)20-22-17-8-6-7-9-18(17)24-20/h6-12,23H,5H2,1-4H3. The van der Waals surface area contributed by atoms with Crippen LogP contribution in [0.15, 0.2) is 42.5 Å². The Morgan fingerprint density at radius 1 is 1.12 bits per heavy atom. The Kier molecular flexibility index (Phi) is 3.50. The Balaban J connectivity index is 1.98. The summed E-state index contributed by atoms with van der Waals surface area (Å²) < 4.78 is 1.24. The molecule has 0 fully saturated rings. The van der Waals surface area contributed by atoms with E-state index in [1.54, 1.807) is 11.3 Å².